The van der Waals surface area contributed by atoms with Gasteiger partial charge in [0.2, 0.25) is 0 Å². The molecule has 1 aliphatic rings. The highest BCUT2D eigenvalue weighted by Crippen LogP contribution is 2.40. The molecular formula is C13H9F2NO2. The molecule has 1 saturated carbocycles. The van der Waals surface area contributed by atoms with Gasteiger partial charge in [0.05, 0.1) is 11.1 Å². The molecule has 92 valence electrons. The summed E-state index contributed by atoms with van der Waals surface area (Å²) in [5, 5.41) is 9.26. The molecule has 0 unspecified atom stereocenters. The normalized spacial score (nSPS) is 15.0. The van der Waals surface area contributed by atoms with E-state index in [1.807, 2.05) is 0 Å². The number of benzene rings is 1. The van der Waals surface area contributed by atoms with Crippen LogP contribution < -0.4 is 0 Å². The number of rotatable bonds is 2. The van der Waals surface area contributed by atoms with Gasteiger partial charge in [0.25, 0.3) is 0 Å². The van der Waals surface area contributed by atoms with Crippen molar-refractivity contribution in [2.75, 3.05) is 0 Å². The summed E-state index contributed by atoms with van der Waals surface area (Å²) < 4.78 is 26.3. The highest BCUT2D eigenvalue weighted by molar-refractivity contribution is 6.02. The van der Waals surface area contributed by atoms with Crippen LogP contribution in [-0.2, 0) is 0 Å². The molecule has 1 aromatic carbocycles. The molecule has 5 heteroatoms. The van der Waals surface area contributed by atoms with Gasteiger partial charge in [-0.05, 0) is 25.0 Å². The Labute approximate surface area is 101 Å². The van der Waals surface area contributed by atoms with E-state index in [0.29, 0.717) is 5.69 Å². The molecule has 0 bridgehead atoms. The molecule has 0 saturated heterocycles. The van der Waals surface area contributed by atoms with E-state index in [2.05, 4.69) is 4.98 Å². The standard InChI is InChI=1S/C13H9F2NO2/c14-9-3-7-8(13(17)18)4-11(6-1-2-6)16-12(7)5-10(9)15/h3-6H,1-2H2,(H,17,18). The second-order valence-corrected chi connectivity index (χ2v) is 4.46. The maximum Gasteiger partial charge on any atom is 0.336 e. The van der Waals surface area contributed by atoms with Crippen LogP contribution in [0.4, 0.5) is 8.78 Å². The van der Waals surface area contributed by atoms with Crippen molar-refractivity contribution in [3.63, 3.8) is 0 Å². The largest absolute Gasteiger partial charge is 0.478 e. The topological polar surface area (TPSA) is 50.2 Å². The second-order valence-electron chi connectivity index (χ2n) is 4.46. The van der Waals surface area contributed by atoms with E-state index in [9.17, 15) is 13.6 Å². The maximum absolute atomic E-state index is 13.2. The predicted molar refractivity (Wildman–Crippen MR) is 60.6 cm³/mol. The minimum absolute atomic E-state index is 0.0270. The first kappa shape index (κ1) is 11.1. The van der Waals surface area contributed by atoms with Gasteiger partial charge in [-0.3, -0.25) is 4.98 Å². The maximum atomic E-state index is 13.2. The van der Waals surface area contributed by atoms with Gasteiger partial charge in [0, 0.05) is 23.1 Å². The summed E-state index contributed by atoms with van der Waals surface area (Å²) in [6.45, 7) is 0. The van der Waals surface area contributed by atoms with Crippen LogP contribution in [0, 0.1) is 11.6 Å². The van der Waals surface area contributed by atoms with Gasteiger partial charge < -0.3 is 5.11 Å². The zero-order valence-corrected chi connectivity index (χ0v) is 9.28. The average Bonchev–Trinajstić information content (AvgIpc) is 3.13. The Morgan fingerprint density at radius 1 is 1.22 bits per heavy atom. The monoisotopic (exact) mass is 249 g/mol. The molecule has 0 amide bonds. The van der Waals surface area contributed by atoms with E-state index < -0.39 is 17.6 Å². The smallest absolute Gasteiger partial charge is 0.336 e. The van der Waals surface area contributed by atoms with Crippen LogP contribution in [0.1, 0.15) is 34.8 Å². The Hall–Kier alpha value is -2.04. The van der Waals surface area contributed by atoms with Gasteiger partial charge in [0.1, 0.15) is 0 Å². The van der Waals surface area contributed by atoms with Crippen molar-refractivity contribution in [2.24, 2.45) is 0 Å². The Morgan fingerprint density at radius 2 is 1.89 bits per heavy atom. The van der Waals surface area contributed by atoms with Crippen molar-refractivity contribution in [3.05, 3.63) is 41.1 Å². The van der Waals surface area contributed by atoms with Crippen molar-refractivity contribution < 1.29 is 18.7 Å². The average molecular weight is 249 g/mol. The minimum atomic E-state index is -1.16. The van der Waals surface area contributed by atoms with E-state index in [0.717, 1.165) is 25.0 Å². The van der Waals surface area contributed by atoms with Crippen LogP contribution in [0.2, 0.25) is 0 Å². The zero-order chi connectivity index (χ0) is 12.9. The number of halogens is 2. The van der Waals surface area contributed by atoms with Crippen molar-refractivity contribution in [1.29, 1.82) is 0 Å². The number of aromatic nitrogens is 1. The molecule has 1 aliphatic carbocycles. The first-order chi connectivity index (χ1) is 8.56. The quantitative estimate of drug-likeness (QED) is 0.889. The molecule has 3 rings (SSSR count). The Balaban J connectivity index is 2.33. The third-order valence-corrected chi connectivity index (χ3v) is 3.10. The molecule has 0 atom stereocenters. The van der Waals surface area contributed by atoms with Gasteiger partial charge in [-0.25, -0.2) is 13.6 Å². The van der Waals surface area contributed by atoms with Gasteiger partial charge in [-0.2, -0.15) is 0 Å². The van der Waals surface area contributed by atoms with E-state index in [-0.39, 0.29) is 22.4 Å². The van der Waals surface area contributed by atoms with E-state index in [4.69, 9.17) is 5.11 Å². The molecule has 0 radical (unpaired) electrons. The molecule has 3 nitrogen and oxygen atoms in total. The third kappa shape index (κ3) is 1.72. The van der Waals surface area contributed by atoms with E-state index >= 15 is 0 Å². The zero-order valence-electron chi connectivity index (χ0n) is 9.28. The number of pyridine rings is 1. The predicted octanol–water partition coefficient (Wildman–Crippen LogP) is 3.09. The van der Waals surface area contributed by atoms with Gasteiger partial charge in [-0.1, -0.05) is 0 Å². The van der Waals surface area contributed by atoms with Crippen LogP contribution in [-0.4, -0.2) is 16.1 Å². The summed E-state index contributed by atoms with van der Waals surface area (Å²) in [6, 6.07) is 3.29. The SMILES string of the molecule is O=C(O)c1cc(C2CC2)nc2cc(F)c(F)cc12. The summed E-state index contributed by atoms with van der Waals surface area (Å²) in [7, 11) is 0. The molecular weight excluding hydrogens is 240 g/mol. The number of fused-ring (bicyclic) bond motifs is 1. The van der Waals surface area contributed by atoms with Gasteiger partial charge in [-0.15, -0.1) is 0 Å². The molecule has 1 heterocycles. The molecule has 1 aromatic heterocycles. The summed E-state index contributed by atoms with van der Waals surface area (Å²) in [5.74, 6) is -2.99. The van der Waals surface area contributed by atoms with Crippen LogP contribution >= 0.6 is 0 Å². The van der Waals surface area contributed by atoms with Gasteiger partial charge in [0.15, 0.2) is 11.6 Å². The van der Waals surface area contributed by atoms with Crippen LogP contribution in [0.25, 0.3) is 10.9 Å². The van der Waals surface area contributed by atoms with Gasteiger partial charge >= 0.3 is 5.97 Å². The van der Waals surface area contributed by atoms with Crippen LogP contribution in [0.15, 0.2) is 18.2 Å². The second kappa shape index (κ2) is 3.73. The summed E-state index contributed by atoms with van der Waals surface area (Å²) >= 11 is 0. The number of carbonyl (C=O) groups is 1. The number of hydrogen-bond acceptors (Lipinski definition) is 2. The summed E-state index contributed by atoms with van der Waals surface area (Å²) in [6.07, 6.45) is 1.92. The molecule has 1 fully saturated rings. The van der Waals surface area contributed by atoms with Crippen LogP contribution in [0.3, 0.4) is 0 Å². The molecule has 0 spiro atoms. The molecule has 2 aromatic rings. The lowest BCUT2D eigenvalue weighted by Gasteiger charge is -2.06. The van der Waals surface area contributed by atoms with Crippen LogP contribution in [0.5, 0.6) is 0 Å². The number of aromatic carboxylic acids is 1. The molecule has 0 aliphatic heterocycles. The number of nitrogens with zero attached hydrogens (tertiary/aromatic N) is 1. The number of carboxylic acids is 1. The lowest BCUT2D eigenvalue weighted by molar-refractivity contribution is 0.0699. The van der Waals surface area contributed by atoms with E-state index in [1.54, 1.807) is 0 Å². The molecule has 1 N–H and O–H groups in total. The summed E-state index contributed by atoms with van der Waals surface area (Å²) in [4.78, 5) is 15.4. The fraction of sp³-hybridized carbons (Fsp3) is 0.231. The van der Waals surface area contributed by atoms with Crippen molar-refractivity contribution >= 4 is 16.9 Å². The Kier molecular flexibility index (Phi) is 2.29. The first-order valence-corrected chi connectivity index (χ1v) is 5.59. The first-order valence-electron chi connectivity index (χ1n) is 5.59. The van der Waals surface area contributed by atoms with Crippen molar-refractivity contribution in [1.82, 2.24) is 4.98 Å². The lowest BCUT2D eigenvalue weighted by atomic mass is 10.1. The fourth-order valence-electron chi connectivity index (χ4n) is 2.01. The Morgan fingerprint density at radius 3 is 2.50 bits per heavy atom. The highest BCUT2D eigenvalue weighted by atomic mass is 19.2. The lowest BCUT2D eigenvalue weighted by Crippen LogP contribution is -2.02. The number of hydrogen-bond donors (Lipinski definition) is 1. The summed E-state index contributed by atoms with van der Waals surface area (Å²) in [5.41, 5.74) is 0.808. The fourth-order valence-corrected chi connectivity index (χ4v) is 2.01. The minimum Gasteiger partial charge on any atom is -0.478 e. The van der Waals surface area contributed by atoms with Crippen molar-refractivity contribution in [3.8, 4) is 0 Å². The van der Waals surface area contributed by atoms with Crippen molar-refractivity contribution in [2.45, 2.75) is 18.8 Å². The Bertz CT molecular complexity index is 666. The highest BCUT2D eigenvalue weighted by Gasteiger charge is 2.27. The molecule has 18 heavy (non-hydrogen) atoms. The number of carboxylic acid groups (broad SMARTS) is 1. The van der Waals surface area contributed by atoms with E-state index in [1.165, 1.54) is 6.07 Å². The third-order valence-electron chi connectivity index (χ3n) is 3.10.